The lowest BCUT2D eigenvalue weighted by Crippen LogP contribution is -2.41. The van der Waals surface area contributed by atoms with Gasteiger partial charge in [-0.15, -0.1) is 11.3 Å². The van der Waals surface area contributed by atoms with E-state index in [2.05, 4.69) is 5.32 Å². The lowest BCUT2D eigenvalue weighted by Gasteiger charge is -2.24. The number of nitrogens with zero attached hydrogens (tertiary/aromatic N) is 2. The largest absolute Gasteiger partial charge is 0.447 e. The number of benzene rings is 1. The summed E-state index contributed by atoms with van der Waals surface area (Å²) in [6.07, 6.45) is -0.451. The van der Waals surface area contributed by atoms with E-state index >= 15 is 0 Å². The molecule has 0 bridgehead atoms. The molecule has 30 heavy (non-hydrogen) atoms. The Bertz CT molecular complexity index is 1080. The van der Waals surface area contributed by atoms with E-state index in [1.807, 2.05) is 13.8 Å². The van der Waals surface area contributed by atoms with Crippen LogP contribution in [0.4, 0.5) is 15.3 Å². The van der Waals surface area contributed by atoms with Gasteiger partial charge in [0.1, 0.15) is 12.1 Å². The normalized spacial score (nSPS) is 21.2. The Morgan fingerprint density at radius 2 is 2.00 bits per heavy atom. The Labute approximate surface area is 177 Å². The van der Waals surface area contributed by atoms with Gasteiger partial charge in [0.2, 0.25) is 0 Å². The second-order valence-electron chi connectivity index (χ2n) is 7.51. The lowest BCUT2D eigenvalue weighted by molar-refractivity contribution is -0.130. The summed E-state index contributed by atoms with van der Waals surface area (Å²) >= 11 is 1.50. The van der Waals surface area contributed by atoms with E-state index in [4.69, 9.17) is 4.74 Å². The first-order valence-electron chi connectivity index (χ1n) is 9.50. The highest BCUT2D eigenvalue weighted by Crippen LogP contribution is 2.32. The SMILES string of the molecule is Cc1cc(C(=O)CN2C(=O)NC(C)(c3cccc(N4CCOC4=O)c3)C2=O)c(C)s1. The summed E-state index contributed by atoms with van der Waals surface area (Å²) < 4.78 is 4.97. The van der Waals surface area contributed by atoms with Crippen molar-refractivity contribution in [2.75, 3.05) is 24.6 Å². The molecule has 2 fully saturated rings. The monoisotopic (exact) mass is 427 g/mol. The van der Waals surface area contributed by atoms with Gasteiger partial charge in [0, 0.05) is 21.0 Å². The third-order valence-electron chi connectivity index (χ3n) is 5.41. The highest BCUT2D eigenvalue weighted by Gasteiger charge is 2.49. The van der Waals surface area contributed by atoms with Crippen LogP contribution in [0.25, 0.3) is 0 Å². The van der Waals surface area contributed by atoms with Crippen molar-refractivity contribution >= 4 is 40.8 Å². The van der Waals surface area contributed by atoms with Crippen LogP contribution in [0, 0.1) is 13.8 Å². The topological polar surface area (TPSA) is 96.0 Å². The van der Waals surface area contributed by atoms with Crippen molar-refractivity contribution in [2.45, 2.75) is 26.3 Å². The molecule has 2 aromatic rings. The second kappa shape index (κ2) is 7.24. The summed E-state index contributed by atoms with van der Waals surface area (Å²) in [7, 11) is 0. The molecule has 4 rings (SSSR count). The zero-order valence-electron chi connectivity index (χ0n) is 16.9. The van der Waals surface area contributed by atoms with Crippen molar-refractivity contribution in [1.82, 2.24) is 10.2 Å². The minimum Gasteiger partial charge on any atom is -0.447 e. The van der Waals surface area contributed by atoms with Gasteiger partial charge in [-0.25, -0.2) is 9.59 Å². The molecule has 8 nitrogen and oxygen atoms in total. The maximum atomic E-state index is 13.2. The summed E-state index contributed by atoms with van der Waals surface area (Å²) in [5.74, 6) is -0.787. The second-order valence-corrected chi connectivity index (χ2v) is 8.97. The van der Waals surface area contributed by atoms with E-state index in [-0.39, 0.29) is 12.3 Å². The van der Waals surface area contributed by atoms with Crippen LogP contribution in [0.5, 0.6) is 0 Å². The van der Waals surface area contributed by atoms with Crippen molar-refractivity contribution in [2.24, 2.45) is 0 Å². The van der Waals surface area contributed by atoms with Crippen LogP contribution < -0.4 is 10.2 Å². The number of aryl methyl sites for hydroxylation is 2. The molecule has 0 aliphatic carbocycles. The third kappa shape index (κ3) is 3.24. The molecule has 2 saturated heterocycles. The smallest absolute Gasteiger partial charge is 0.414 e. The quantitative estimate of drug-likeness (QED) is 0.585. The minimum atomic E-state index is -1.34. The van der Waals surface area contributed by atoms with Crippen LogP contribution in [-0.4, -0.2) is 48.4 Å². The average Bonchev–Trinajstić information content (AvgIpc) is 3.34. The molecule has 0 spiro atoms. The Morgan fingerprint density at radius 3 is 2.63 bits per heavy atom. The van der Waals surface area contributed by atoms with E-state index < -0.39 is 23.6 Å². The predicted octanol–water partition coefficient (Wildman–Crippen LogP) is 2.97. The number of hydrogen-bond acceptors (Lipinski definition) is 6. The van der Waals surface area contributed by atoms with Crippen LogP contribution >= 0.6 is 11.3 Å². The van der Waals surface area contributed by atoms with Crippen molar-refractivity contribution in [3.8, 4) is 0 Å². The van der Waals surface area contributed by atoms with Crippen LogP contribution in [0.1, 0.15) is 32.6 Å². The Kier molecular flexibility index (Phi) is 4.85. The van der Waals surface area contributed by atoms with Gasteiger partial charge >= 0.3 is 12.1 Å². The Hall–Kier alpha value is -3.20. The molecule has 0 saturated carbocycles. The molecular weight excluding hydrogens is 406 g/mol. The first-order valence-corrected chi connectivity index (χ1v) is 10.3. The van der Waals surface area contributed by atoms with E-state index in [1.54, 1.807) is 37.3 Å². The number of urea groups is 1. The van der Waals surface area contributed by atoms with Gasteiger partial charge < -0.3 is 10.1 Å². The summed E-state index contributed by atoms with van der Waals surface area (Å²) in [5.41, 5.74) is 0.297. The molecule has 0 radical (unpaired) electrons. The number of ether oxygens (including phenoxy) is 1. The zero-order chi connectivity index (χ0) is 21.6. The molecule has 2 aliphatic rings. The maximum absolute atomic E-state index is 13.2. The van der Waals surface area contributed by atoms with Crippen molar-refractivity contribution in [1.29, 1.82) is 0 Å². The number of Topliss-reactive ketones (excluding diaryl/α,β-unsaturated/α-hetero) is 1. The fourth-order valence-electron chi connectivity index (χ4n) is 3.79. The number of hydrogen-bond donors (Lipinski definition) is 1. The molecule has 1 atom stereocenters. The van der Waals surface area contributed by atoms with Gasteiger partial charge in [-0.2, -0.15) is 0 Å². The van der Waals surface area contributed by atoms with E-state index in [0.29, 0.717) is 30.0 Å². The number of rotatable bonds is 5. The summed E-state index contributed by atoms with van der Waals surface area (Å²) in [6, 6.07) is 8.00. The molecular formula is C21H21N3O5S. The number of ketones is 1. The number of imide groups is 1. The van der Waals surface area contributed by atoms with Gasteiger partial charge in [-0.1, -0.05) is 12.1 Å². The van der Waals surface area contributed by atoms with Crippen LogP contribution in [0.3, 0.4) is 0 Å². The minimum absolute atomic E-state index is 0.279. The number of nitrogens with one attached hydrogen (secondary N) is 1. The molecule has 1 N–H and O–H groups in total. The summed E-state index contributed by atoms with van der Waals surface area (Å²) in [4.78, 5) is 54.6. The molecule has 1 aromatic carbocycles. The number of carbonyl (C=O) groups excluding carboxylic acids is 4. The van der Waals surface area contributed by atoms with Gasteiger partial charge in [0.05, 0.1) is 13.1 Å². The third-order valence-corrected chi connectivity index (χ3v) is 6.38. The van der Waals surface area contributed by atoms with Gasteiger partial charge in [-0.3, -0.25) is 19.4 Å². The summed E-state index contributed by atoms with van der Waals surface area (Å²) in [5, 5.41) is 2.71. The fraction of sp³-hybridized carbons (Fsp3) is 0.333. The molecule has 1 aromatic heterocycles. The Morgan fingerprint density at radius 1 is 1.23 bits per heavy atom. The van der Waals surface area contributed by atoms with E-state index in [0.717, 1.165) is 14.7 Å². The van der Waals surface area contributed by atoms with Crippen LogP contribution in [0.2, 0.25) is 0 Å². The molecule has 3 heterocycles. The molecule has 9 heteroatoms. The number of amides is 4. The predicted molar refractivity (Wildman–Crippen MR) is 111 cm³/mol. The Balaban J connectivity index is 1.59. The molecule has 1 unspecified atom stereocenters. The number of cyclic esters (lactones) is 1. The standard InChI is InChI=1S/C21H21N3O5S/c1-12-9-16(13(2)30-12)17(25)11-24-18(26)21(3,22-19(24)27)14-5-4-6-15(10-14)23-7-8-29-20(23)28/h4-6,9-10H,7-8,11H2,1-3H3,(H,22,27). The average molecular weight is 427 g/mol. The van der Waals surface area contributed by atoms with Crippen LogP contribution in [0.15, 0.2) is 30.3 Å². The van der Waals surface area contributed by atoms with Crippen molar-refractivity contribution in [3.63, 3.8) is 0 Å². The van der Waals surface area contributed by atoms with E-state index in [1.165, 1.54) is 16.2 Å². The van der Waals surface area contributed by atoms with Gasteiger partial charge in [0.25, 0.3) is 5.91 Å². The van der Waals surface area contributed by atoms with E-state index in [9.17, 15) is 19.2 Å². The van der Waals surface area contributed by atoms with Crippen LogP contribution in [-0.2, 0) is 15.1 Å². The molecule has 156 valence electrons. The number of carbonyl (C=O) groups is 4. The number of anilines is 1. The maximum Gasteiger partial charge on any atom is 0.414 e. The van der Waals surface area contributed by atoms with Crippen molar-refractivity contribution < 1.29 is 23.9 Å². The van der Waals surface area contributed by atoms with Gasteiger partial charge in [-0.05, 0) is 44.5 Å². The summed E-state index contributed by atoms with van der Waals surface area (Å²) in [6.45, 7) is 5.74. The first kappa shape index (κ1) is 20.1. The molecule has 2 aliphatic heterocycles. The lowest BCUT2D eigenvalue weighted by atomic mass is 9.91. The fourth-order valence-corrected chi connectivity index (χ4v) is 4.73. The first-order chi connectivity index (χ1) is 14.2. The van der Waals surface area contributed by atoms with Crippen molar-refractivity contribution in [3.05, 3.63) is 51.2 Å². The number of thiophene rings is 1. The molecule has 4 amide bonds. The highest BCUT2D eigenvalue weighted by molar-refractivity contribution is 7.12. The highest BCUT2D eigenvalue weighted by atomic mass is 32.1. The van der Waals surface area contributed by atoms with Gasteiger partial charge in [0.15, 0.2) is 5.78 Å². The zero-order valence-corrected chi connectivity index (χ0v) is 17.7.